The summed E-state index contributed by atoms with van der Waals surface area (Å²) in [5.74, 6) is -0.325. The second-order valence-electron chi connectivity index (χ2n) is 2.98. The summed E-state index contributed by atoms with van der Waals surface area (Å²) in [6.45, 7) is 1.59. The average Bonchev–Trinajstić information content (AvgIpc) is 2.48. The van der Waals surface area contributed by atoms with Crippen molar-refractivity contribution >= 4 is 27.1 Å². The minimum Gasteiger partial charge on any atom is -0.258 e. The third kappa shape index (κ3) is 1.26. The molecule has 0 aliphatic rings. The van der Waals surface area contributed by atoms with Crippen LogP contribution in [0.4, 0.5) is 10.1 Å². The molecule has 0 radical (unpaired) electrons. The van der Waals surface area contributed by atoms with E-state index in [0.29, 0.717) is 15.6 Å². The van der Waals surface area contributed by atoms with Gasteiger partial charge in [0.05, 0.1) is 15.7 Å². The third-order valence-electron chi connectivity index (χ3n) is 2.03. The van der Waals surface area contributed by atoms with Gasteiger partial charge in [-0.25, -0.2) is 4.39 Å². The van der Waals surface area contributed by atoms with Gasteiger partial charge in [-0.05, 0) is 24.6 Å². The van der Waals surface area contributed by atoms with Gasteiger partial charge in [0, 0.05) is 4.70 Å². The van der Waals surface area contributed by atoms with Gasteiger partial charge in [-0.3, -0.25) is 10.1 Å². The van der Waals surface area contributed by atoms with E-state index < -0.39 is 4.92 Å². The summed E-state index contributed by atoms with van der Waals surface area (Å²) in [6.07, 6.45) is 0. The standard InChI is InChI=1S/C9H6FNO2S/c1-5-2-6-8(11(12)13)4-14-9(6)3-7(5)10/h2-4H,1H3. The molecule has 0 saturated heterocycles. The molecular weight excluding hydrogens is 205 g/mol. The van der Waals surface area contributed by atoms with Crippen LogP contribution >= 0.6 is 11.3 Å². The van der Waals surface area contributed by atoms with Gasteiger partial charge in [0.15, 0.2) is 0 Å². The van der Waals surface area contributed by atoms with E-state index in [4.69, 9.17) is 0 Å². The van der Waals surface area contributed by atoms with Gasteiger partial charge in [0.2, 0.25) is 0 Å². The highest BCUT2D eigenvalue weighted by molar-refractivity contribution is 7.17. The van der Waals surface area contributed by atoms with Gasteiger partial charge in [0.1, 0.15) is 5.82 Å². The van der Waals surface area contributed by atoms with Gasteiger partial charge in [-0.15, -0.1) is 11.3 Å². The number of nitrogens with zero attached hydrogens (tertiary/aromatic N) is 1. The predicted octanol–water partition coefficient (Wildman–Crippen LogP) is 3.26. The molecule has 0 bridgehead atoms. The molecule has 0 saturated carbocycles. The van der Waals surface area contributed by atoms with Crippen molar-refractivity contribution in [2.24, 2.45) is 0 Å². The number of nitro groups is 1. The first-order valence-corrected chi connectivity index (χ1v) is 4.79. The van der Waals surface area contributed by atoms with Crippen molar-refractivity contribution in [3.05, 3.63) is 39.0 Å². The Hall–Kier alpha value is -1.49. The summed E-state index contributed by atoms with van der Waals surface area (Å²) >= 11 is 1.18. The zero-order chi connectivity index (χ0) is 10.3. The van der Waals surface area contributed by atoms with Crippen LogP contribution in [0.15, 0.2) is 17.5 Å². The number of hydrogen-bond acceptors (Lipinski definition) is 3. The van der Waals surface area contributed by atoms with Crippen LogP contribution in [0.1, 0.15) is 5.56 Å². The Bertz CT molecular complexity index is 521. The zero-order valence-electron chi connectivity index (χ0n) is 7.28. The molecule has 0 unspecified atom stereocenters. The van der Waals surface area contributed by atoms with Gasteiger partial charge in [-0.1, -0.05) is 0 Å². The van der Waals surface area contributed by atoms with E-state index in [1.54, 1.807) is 6.92 Å². The Kier molecular flexibility index (Phi) is 1.96. The van der Waals surface area contributed by atoms with E-state index in [1.807, 2.05) is 0 Å². The number of thiophene rings is 1. The Morgan fingerprint density at radius 3 is 2.86 bits per heavy atom. The van der Waals surface area contributed by atoms with E-state index in [0.717, 1.165) is 0 Å². The summed E-state index contributed by atoms with van der Waals surface area (Å²) in [4.78, 5) is 10.1. The molecule has 0 atom stereocenters. The van der Waals surface area contributed by atoms with Crippen molar-refractivity contribution in [2.75, 3.05) is 0 Å². The van der Waals surface area contributed by atoms with Gasteiger partial charge < -0.3 is 0 Å². The van der Waals surface area contributed by atoms with Crippen molar-refractivity contribution in [1.29, 1.82) is 0 Å². The molecule has 1 aromatic carbocycles. The molecule has 14 heavy (non-hydrogen) atoms. The lowest BCUT2D eigenvalue weighted by molar-refractivity contribution is -0.382. The Morgan fingerprint density at radius 1 is 1.50 bits per heavy atom. The third-order valence-corrected chi connectivity index (χ3v) is 2.96. The number of fused-ring (bicyclic) bond motifs is 1. The van der Waals surface area contributed by atoms with Crippen LogP contribution in [-0.4, -0.2) is 4.92 Å². The molecule has 0 fully saturated rings. The SMILES string of the molecule is Cc1cc2c([N+](=O)[O-])csc2cc1F. The maximum atomic E-state index is 13.1. The normalized spacial score (nSPS) is 10.7. The second kappa shape index (κ2) is 3.02. The minimum atomic E-state index is -0.448. The van der Waals surface area contributed by atoms with E-state index in [-0.39, 0.29) is 11.5 Å². The lowest BCUT2D eigenvalue weighted by Crippen LogP contribution is -1.86. The molecule has 0 aliphatic carbocycles. The van der Waals surface area contributed by atoms with Crippen LogP contribution in [0.25, 0.3) is 10.1 Å². The fourth-order valence-corrected chi connectivity index (χ4v) is 2.20. The molecule has 3 nitrogen and oxygen atoms in total. The largest absolute Gasteiger partial charge is 0.287 e. The number of rotatable bonds is 1. The zero-order valence-corrected chi connectivity index (χ0v) is 8.10. The van der Waals surface area contributed by atoms with Crippen molar-refractivity contribution in [3.8, 4) is 0 Å². The lowest BCUT2D eigenvalue weighted by atomic mass is 10.1. The minimum absolute atomic E-state index is 0.0492. The first-order valence-electron chi connectivity index (χ1n) is 3.91. The first-order chi connectivity index (χ1) is 6.59. The molecule has 72 valence electrons. The van der Waals surface area contributed by atoms with Crippen molar-refractivity contribution in [2.45, 2.75) is 6.92 Å². The van der Waals surface area contributed by atoms with Crippen LogP contribution in [0, 0.1) is 22.9 Å². The number of aryl methyl sites for hydroxylation is 1. The highest BCUT2D eigenvalue weighted by Crippen LogP contribution is 2.33. The second-order valence-corrected chi connectivity index (χ2v) is 3.89. The number of halogens is 1. The van der Waals surface area contributed by atoms with Crippen LogP contribution in [0.2, 0.25) is 0 Å². The van der Waals surface area contributed by atoms with E-state index in [2.05, 4.69) is 0 Å². The quantitative estimate of drug-likeness (QED) is 0.536. The van der Waals surface area contributed by atoms with Crippen LogP contribution in [-0.2, 0) is 0 Å². The topological polar surface area (TPSA) is 43.1 Å². The fourth-order valence-electron chi connectivity index (χ4n) is 1.29. The van der Waals surface area contributed by atoms with Crippen molar-refractivity contribution in [3.63, 3.8) is 0 Å². The van der Waals surface area contributed by atoms with Crippen LogP contribution < -0.4 is 0 Å². The highest BCUT2D eigenvalue weighted by atomic mass is 32.1. The van der Waals surface area contributed by atoms with E-state index >= 15 is 0 Å². The molecule has 2 aromatic rings. The first kappa shape index (κ1) is 9.08. The summed E-state index contributed by atoms with van der Waals surface area (Å²) in [5, 5.41) is 12.5. The van der Waals surface area contributed by atoms with Crippen LogP contribution in [0.3, 0.4) is 0 Å². The summed E-state index contributed by atoms with van der Waals surface area (Å²) in [5.41, 5.74) is 0.479. The molecule has 0 aliphatic heterocycles. The van der Waals surface area contributed by atoms with Gasteiger partial charge in [-0.2, -0.15) is 0 Å². The maximum absolute atomic E-state index is 13.1. The fraction of sp³-hybridized carbons (Fsp3) is 0.111. The highest BCUT2D eigenvalue weighted by Gasteiger charge is 2.15. The van der Waals surface area contributed by atoms with Crippen molar-refractivity contribution in [1.82, 2.24) is 0 Å². The Labute approximate surface area is 82.9 Å². The number of hydrogen-bond donors (Lipinski definition) is 0. The lowest BCUT2D eigenvalue weighted by Gasteiger charge is -1.95. The smallest absolute Gasteiger partial charge is 0.258 e. The molecule has 5 heteroatoms. The molecule has 1 aromatic heterocycles. The molecule has 1 heterocycles. The predicted molar refractivity (Wildman–Crippen MR) is 53.2 cm³/mol. The molecule has 0 N–H and O–H groups in total. The number of benzene rings is 1. The molecule has 0 spiro atoms. The molecular formula is C9H6FNO2S. The van der Waals surface area contributed by atoms with E-state index in [1.165, 1.54) is 28.8 Å². The summed E-state index contributed by atoms with van der Waals surface area (Å²) < 4.78 is 13.7. The maximum Gasteiger partial charge on any atom is 0.287 e. The Balaban J connectivity index is 2.80. The van der Waals surface area contributed by atoms with Crippen LogP contribution in [0.5, 0.6) is 0 Å². The average molecular weight is 211 g/mol. The van der Waals surface area contributed by atoms with Gasteiger partial charge in [0.25, 0.3) is 5.69 Å². The van der Waals surface area contributed by atoms with Crippen molar-refractivity contribution < 1.29 is 9.31 Å². The summed E-state index contributed by atoms with van der Waals surface area (Å²) in [7, 11) is 0. The Morgan fingerprint density at radius 2 is 2.21 bits per heavy atom. The van der Waals surface area contributed by atoms with Gasteiger partial charge >= 0.3 is 0 Å². The summed E-state index contributed by atoms with van der Waals surface area (Å²) in [6, 6.07) is 2.85. The molecule has 0 amide bonds. The monoisotopic (exact) mass is 211 g/mol. The van der Waals surface area contributed by atoms with E-state index in [9.17, 15) is 14.5 Å². The molecule has 2 rings (SSSR count).